The summed E-state index contributed by atoms with van der Waals surface area (Å²) in [6.45, 7) is 5.14. The molecule has 3 nitrogen and oxygen atoms in total. The fraction of sp³-hybridized carbons (Fsp3) is 0.455. The Hall–Kier alpha value is -1.22. The van der Waals surface area contributed by atoms with E-state index in [1.807, 2.05) is 12.1 Å². The van der Waals surface area contributed by atoms with Crippen LogP contribution in [0.5, 0.6) is 11.5 Å². The average molecular weight is 193 g/mol. The van der Waals surface area contributed by atoms with Gasteiger partial charge in [-0.05, 0) is 17.5 Å². The number of rotatable bonds is 2. The molecular formula is C11H15NO2. The molecule has 1 aliphatic heterocycles. The van der Waals surface area contributed by atoms with Crippen molar-refractivity contribution in [2.75, 3.05) is 6.79 Å². The van der Waals surface area contributed by atoms with E-state index in [-0.39, 0.29) is 0 Å². The van der Waals surface area contributed by atoms with Crippen LogP contribution in [0.3, 0.4) is 0 Å². The van der Waals surface area contributed by atoms with Gasteiger partial charge in [-0.3, -0.25) is 0 Å². The zero-order valence-corrected chi connectivity index (χ0v) is 8.54. The minimum atomic E-state index is 0.322. The van der Waals surface area contributed by atoms with E-state index >= 15 is 0 Å². The van der Waals surface area contributed by atoms with Crippen LogP contribution in [-0.4, -0.2) is 6.79 Å². The van der Waals surface area contributed by atoms with Gasteiger partial charge >= 0.3 is 0 Å². The molecule has 0 spiro atoms. The summed E-state index contributed by atoms with van der Waals surface area (Å²) in [5, 5.41) is 0. The lowest BCUT2D eigenvalue weighted by Gasteiger charge is -2.13. The predicted molar refractivity (Wildman–Crippen MR) is 54.5 cm³/mol. The molecule has 0 amide bonds. The number of benzene rings is 1. The van der Waals surface area contributed by atoms with Crippen molar-refractivity contribution in [1.82, 2.24) is 0 Å². The Morgan fingerprint density at radius 2 is 2.14 bits per heavy atom. The molecule has 1 aliphatic rings. The third-order valence-electron chi connectivity index (χ3n) is 2.47. The Bertz CT molecular complexity index is 347. The number of ether oxygens (including phenoxy) is 2. The fourth-order valence-corrected chi connectivity index (χ4v) is 1.85. The van der Waals surface area contributed by atoms with E-state index in [0.29, 0.717) is 19.3 Å². The van der Waals surface area contributed by atoms with Crippen molar-refractivity contribution in [2.24, 2.45) is 5.73 Å². The monoisotopic (exact) mass is 193 g/mol. The molecule has 0 bridgehead atoms. The molecule has 76 valence electrons. The first-order valence-corrected chi connectivity index (χ1v) is 4.85. The zero-order valence-electron chi connectivity index (χ0n) is 8.54. The first-order chi connectivity index (χ1) is 6.74. The van der Waals surface area contributed by atoms with Gasteiger partial charge in [0.05, 0.1) is 0 Å². The van der Waals surface area contributed by atoms with Crippen LogP contribution in [0.25, 0.3) is 0 Å². The average Bonchev–Trinajstić information content (AvgIpc) is 2.62. The van der Waals surface area contributed by atoms with Crippen LogP contribution in [0.1, 0.15) is 30.9 Å². The Morgan fingerprint density at radius 3 is 2.79 bits per heavy atom. The number of hydrogen-bond acceptors (Lipinski definition) is 3. The summed E-state index contributed by atoms with van der Waals surface area (Å²) in [5.41, 5.74) is 8.01. The first-order valence-electron chi connectivity index (χ1n) is 4.85. The van der Waals surface area contributed by atoms with E-state index in [1.165, 1.54) is 5.56 Å². The quantitative estimate of drug-likeness (QED) is 0.781. The van der Waals surface area contributed by atoms with Crippen molar-refractivity contribution in [2.45, 2.75) is 26.3 Å². The Kier molecular flexibility index (Phi) is 2.33. The molecule has 2 rings (SSSR count). The summed E-state index contributed by atoms with van der Waals surface area (Å²) in [4.78, 5) is 0. The first kappa shape index (κ1) is 9.34. The van der Waals surface area contributed by atoms with E-state index in [0.717, 1.165) is 17.1 Å². The van der Waals surface area contributed by atoms with Crippen molar-refractivity contribution in [3.63, 3.8) is 0 Å². The molecule has 3 heteroatoms. The number of fused-ring (bicyclic) bond motifs is 1. The molecule has 0 unspecified atom stereocenters. The minimum Gasteiger partial charge on any atom is -0.454 e. The maximum absolute atomic E-state index is 5.69. The van der Waals surface area contributed by atoms with Crippen LogP contribution < -0.4 is 15.2 Å². The van der Waals surface area contributed by atoms with Gasteiger partial charge in [0.1, 0.15) is 0 Å². The van der Waals surface area contributed by atoms with Gasteiger partial charge in [0, 0.05) is 12.1 Å². The topological polar surface area (TPSA) is 44.5 Å². The molecule has 0 atom stereocenters. The molecule has 1 aromatic carbocycles. The van der Waals surface area contributed by atoms with Crippen molar-refractivity contribution in [3.05, 3.63) is 23.3 Å². The molecule has 0 radical (unpaired) electrons. The maximum Gasteiger partial charge on any atom is 0.231 e. The van der Waals surface area contributed by atoms with Gasteiger partial charge in [-0.15, -0.1) is 0 Å². The second-order valence-corrected chi connectivity index (χ2v) is 3.73. The molecule has 0 aromatic heterocycles. The molecule has 1 aromatic rings. The van der Waals surface area contributed by atoms with Gasteiger partial charge in [0.15, 0.2) is 11.5 Å². The van der Waals surface area contributed by atoms with Gasteiger partial charge in [-0.2, -0.15) is 0 Å². The molecule has 0 fully saturated rings. The third kappa shape index (κ3) is 1.34. The molecule has 1 heterocycles. The van der Waals surface area contributed by atoms with E-state index in [4.69, 9.17) is 15.2 Å². The van der Waals surface area contributed by atoms with Gasteiger partial charge < -0.3 is 15.2 Å². The second-order valence-electron chi connectivity index (χ2n) is 3.73. The van der Waals surface area contributed by atoms with Crippen molar-refractivity contribution >= 4 is 0 Å². The molecule has 2 N–H and O–H groups in total. The van der Waals surface area contributed by atoms with Gasteiger partial charge in [-0.1, -0.05) is 19.9 Å². The highest BCUT2D eigenvalue weighted by molar-refractivity contribution is 5.53. The SMILES string of the molecule is CC(C)c1c(CN)ccc2c1OCO2. The molecular weight excluding hydrogens is 178 g/mol. The normalized spacial score (nSPS) is 13.7. The van der Waals surface area contributed by atoms with Crippen LogP contribution in [0.2, 0.25) is 0 Å². The summed E-state index contributed by atoms with van der Waals surface area (Å²) in [6.07, 6.45) is 0. The van der Waals surface area contributed by atoms with Gasteiger partial charge in [-0.25, -0.2) is 0 Å². The van der Waals surface area contributed by atoms with Gasteiger partial charge in [0.25, 0.3) is 0 Å². The van der Waals surface area contributed by atoms with Crippen LogP contribution in [-0.2, 0) is 6.54 Å². The largest absolute Gasteiger partial charge is 0.454 e. The summed E-state index contributed by atoms with van der Waals surface area (Å²) >= 11 is 0. The third-order valence-corrected chi connectivity index (χ3v) is 2.47. The van der Waals surface area contributed by atoms with E-state index in [1.54, 1.807) is 0 Å². The highest BCUT2D eigenvalue weighted by Crippen LogP contribution is 2.40. The fourth-order valence-electron chi connectivity index (χ4n) is 1.85. The lowest BCUT2D eigenvalue weighted by atomic mass is 9.95. The van der Waals surface area contributed by atoms with Crippen LogP contribution in [0, 0.1) is 0 Å². The van der Waals surface area contributed by atoms with Crippen molar-refractivity contribution in [3.8, 4) is 11.5 Å². The number of hydrogen-bond donors (Lipinski definition) is 1. The highest BCUT2D eigenvalue weighted by Gasteiger charge is 2.21. The lowest BCUT2D eigenvalue weighted by Crippen LogP contribution is -2.04. The van der Waals surface area contributed by atoms with Crippen molar-refractivity contribution < 1.29 is 9.47 Å². The zero-order chi connectivity index (χ0) is 10.1. The molecule has 0 aliphatic carbocycles. The van der Waals surface area contributed by atoms with Crippen LogP contribution in [0.15, 0.2) is 12.1 Å². The Balaban J connectivity index is 2.56. The summed E-state index contributed by atoms with van der Waals surface area (Å²) in [5.74, 6) is 2.12. The summed E-state index contributed by atoms with van der Waals surface area (Å²) in [6, 6.07) is 3.94. The molecule has 0 saturated heterocycles. The standard InChI is InChI=1S/C11H15NO2/c1-7(2)10-8(5-12)3-4-9-11(10)14-6-13-9/h3-4,7H,5-6,12H2,1-2H3. The van der Waals surface area contributed by atoms with Gasteiger partial charge in [0.2, 0.25) is 6.79 Å². The number of nitrogens with two attached hydrogens (primary N) is 1. The Morgan fingerprint density at radius 1 is 1.36 bits per heavy atom. The van der Waals surface area contributed by atoms with Crippen LogP contribution in [0.4, 0.5) is 0 Å². The minimum absolute atomic E-state index is 0.322. The molecule has 14 heavy (non-hydrogen) atoms. The maximum atomic E-state index is 5.69. The molecule has 0 saturated carbocycles. The second kappa shape index (κ2) is 3.50. The smallest absolute Gasteiger partial charge is 0.231 e. The summed E-state index contributed by atoms with van der Waals surface area (Å²) in [7, 11) is 0. The van der Waals surface area contributed by atoms with E-state index in [9.17, 15) is 0 Å². The summed E-state index contributed by atoms with van der Waals surface area (Å²) < 4.78 is 10.8. The van der Waals surface area contributed by atoms with Crippen molar-refractivity contribution in [1.29, 1.82) is 0 Å². The van der Waals surface area contributed by atoms with E-state index < -0.39 is 0 Å². The van der Waals surface area contributed by atoms with E-state index in [2.05, 4.69) is 13.8 Å². The predicted octanol–water partition coefficient (Wildman–Crippen LogP) is 2.00. The Labute approximate surface area is 83.8 Å². The van der Waals surface area contributed by atoms with Crippen LogP contribution >= 0.6 is 0 Å². The highest BCUT2D eigenvalue weighted by atomic mass is 16.7. The lowest BCUT2D eigenvalue weighted by molar-refractivity contribution is 0.173.